The van der Waals surface area contributed by atoms with E-state index in [1.165, 1.54) is 0 Å². The van der Waals surface area contributed by atoms with Crippen LogP contribution >= 0.6 is 0 Å². The van der Waals surface area contributed by atoms with E-state index in [0.717, 1.165) is 19.3 Å². The average molecular weight is 332 g/mol. The van der Waals surface area contributed by atoms with Gasteiger partial charge in [0.05, 0.1) is 23.2 Å². The molecule has 24 heavy (non-hydrogen) atoms. The van der Waals surface area contributed by atoms with E-state index < -0.39 is 0 Å². The van der Waals surface area contributed by atoms with Gasteiger partial charge in [-0.2, -0.15) is 0 Å². The van der Waals surface area contributed by atoms with E-state index in [2.05, 4.69) is 15.3 Å². The molecule has 1 aromatic carbocycles. The number of likely N-dealkylation sites (N-methyl/N-ethyl adjacent to an activating group) is 1. The number of fused-ring (bicyclic) bond motifs is 1. The maximum absolute atomic E-state index is 12.5. The number of rotatable bonds is 5. The molecule has 1 saturated carbocycles. The van der Waals surface area contributed by atoms with Gasteiger partial charge in [0.1, 0.15) is 0 Å². The van der Waals surface area contributed by atoms with E-state index >= 15 is 0 Å². The first-order chi connectivity index (χ1) is 11.4. The molecule has 0 spiro atoms. The molecule has 1 aliphatic carbocycles. The lowest BCUT2D eigenvalue weighted by Gasteiger charge is -2.27. The number of aromatic nitrogens is 2. The highest BCUT2D eigenvalue weighted by molar-refractivity contribution is 5.96. The molecule has 1 aliphatic rings. The Balaban J connectivity index is 1.62. The fourth-order valence-electron chi connectivity index (χ4n) is 3.32. The molecule has 3 unspecified atom stereocenters. The lowest BCUT2D eigenvalue weighted by atomic mass is 10.0. The van der Waals surface area contributed by atoms with Gasteiger partial charge in [0.2, 0.25) is 5.91 Å². The van der Waals surface area contributed by atoms with E-state index in [1.807, 2.05) is 18.9 Å². The molecule has 1 aromatic heterocycles. The molecule has 7 heteroatoms. The zero-order chi connectivity index (χ0) is 17.3. The number of carbonyl (C=O) groups is 1. The van der Waals surface area contributed by atoms with Gasteiger partial charge in [-0.05, 0) is 50.9 Å². The molecule has 1 heterocycles. The van der Waals surface area contributed by atoms with Crippen LogP contribution in [0.3, 0.4) is 0 Å². The summed E-state index contributed by atoms with van der Waals surface area (Å²) in [5.41, 5.74) is 1.74. The van der Waals surface area contributed by atoms with E-state index in [-0.39, 0.29) is 29.7 Å². The minimum absolute atomic E-state index is 0.109. The number of aliphatic hydroxyl groups excluding tert-OH is 1. The number of aromatic amines is 2. The third kappa shape index (κ3) is 3.52. The Morgan fingerprint density at radius 3 is 2.83 bits per heavy atom. The van der Waals surface area contributed by atoms with Crippen LogP contribution < -0.4 is 11.0 Å². The molecule has 0 aliphatic heterocycles. The molecule has 2 aromatic rings. The van der Waals surface area contributed by atoms with Crippen LogP contribution in [0.5, 0.6) is 0 Å². The molecule has 1 amide bonds. The second-order valence-corrected chi connectivity index (χ2v) is 6.70. The number of amides is 1. The quantitative estimate of drug-likeness (QED) is 0.662. The average Bonchev–Trinajstić information content (AvgIpc) is 3.10. The summed E-state index contributed by atoms with van der Waals surface area (Å²) in [4.78, 5) is 31.1. The number of aliphatic hydroxyl groups is 1. The Labute approximate surface area is 140 Å². The van der Waals surface area contributed by atoms with Crippen LogP contribution in [0.1, 0.15) is 26.2 Å². The summed E-state index contributed by atoms with van der Waals surface area (Å²) in [6, 6.07) is 4.95. The van der Waals surface area contributed by atoms with Crippen molar-refractivity contribution in [3.8, 4) is 0 Å². The number of hydrogen-bond acceptors (Lipinski definition) is 4. The van der Waals surface area contributed by atoms with Crippen LogP contribution in [0.2, 0.25) is 0 Å². The van der Waals surface area contributed by atoms with Crippen LogP contribution in [0.15, 0.2) is 23.0 Å². The summed E-state index contributed by atoms with van der Waals surface area (Å²) in [7, 11) is 1.90. The van der Waals surface area contributed by atoms with Crippen LogP contribution in [0.4, 0.5) is 5.69 Å². The molecular formula is C17H24N4O3. The molecule has 4 N–H and O–H groups in total. The summed E-state index contributed by atoms with van der Waals surface area (Å²) >= 11 is 0. The zero-order valence-electron chi connectivity index (χ0n) is 14.0. The lowest BCUT2D eigenvalue weighted by Crippen LogP contribution is -2.43. The van der Waals surface area contributed by atoms with E-state index in [4.69, 9.17) is 0 Å². The molecule has 0 saturated heterocycles. The molecule has 1 fully saturated rings. The van der Waals surface area contributed by atoms with Gasteiger partial charge in [-0.3, -0.25) is 9.69 Å². The Morgan fingerprint density at radius 2 is 2.12 bits per heavy atom. The molecular weight excluding hydrogens is 308 g/mol. The highest BCUT2D eigenvalue weighted by Gasteiger charge is 2.28. The second kappa shape index (κ2) is 6.78. The monoisotopic (exact) mass is 332 g/mol. The summed E-state index contributed by atoms with van der Waals surface area (Å²) < 4.78 is 0. The van der Waals surface area contributed by atoms with Crippen LogP contribution in [0.25, 0.3) is 11.0 Å². The van der Waals surface area contributed by atoms with E-state index in [0.29, 0.717) is 23.3 Å². The minimum atomic E-state index is -0.307. The summed E-state index contributed by atoms with van der Waals surface area (Å²) in [5, 5.41) is 12.8. The predicted octanol–water partition coefficient (Wildman–Crippen LogP) is 1.28. The van der Waals surface area contributed by atoms with Crippen molar-refractivity contribution < 1.29 is 9.90 Å². The molecule has 3 rings (SSSR count). The van der Waals surface area contributed by atoms with Crippen molar-refractivity contribution in [1.82, 2.24) is 14.9 Å². The summed E-state index contributed by atoms with van der Waals surface area (Å²) in [6.07, 6.45) is 2.66. The maximum atomic E-state index is 12.5. The number of benzene rings is 1. The Kier molecular flexibility index (Phi) is 4.73. The Bertz CT molecular complexity index is 781. The van der Waals surface area contributed by atoms with Crippen molar-refractivity contribution >= 4 is 22.6 Å². The SMILES string of the molecule is CC(C(=O)Nc1ccc2[nH]c(=O)[nH]c2c1)N(C)CC1CCCC1O. The Hall–Kier alpha value is -2.12. The van der Waals surface area contributed by atoms with Crippen molar-refractivity contribution in [2.24, 2.45) is 5.92 Å². The van der Waals surface area contributed by atoms with Crippen molar-refractivity contribution in [3.05, 3.63) is 28.7 Å². The fraction of sp³-hybridized carbons (Fsp3) is 0.529. The highest BCUT2D eigenvalue weighted by Crippen LogP contribution is 2.26. The van der Waals surface area contributed by atoms with Gasteiger partial charge in [-0.1, -0.05) is 6.42 Å². The van der Waals surface area contributed by atoms with Gasteiger partial charge in [0.15, 0.2) is 0 Å². The molecule has 130 valence electrons. The smallest absolute Gasteiger partial charge is 0.323 e. The summed E-state index contributed by atoms with van der Waals surface area (Å²) in [5.74, 6) is 0.133. The van der Waals surface area contributed by atoms with Crippen molar-refractivity contribution in [2.45, 2.75) is 38.3 Å². The fourth-order valence-corrected chi connectivity index (χ4v) is 3.32. The first-order valence-electron chi connectivity index (χ1n) is 8.35. The van der Waals surface area contributed by atoms with Crippen molar-refractivity contribution in [2.75, 3.05) is 18.9 Å². The third-order valence-corrected chi connectivity index (χ3v) is 4.97. The Morgan fingerprint density at radius 1 is 1.38 bits per heavy atom. The van der Waals surface area contributed by atoms with E-state index in [9.17, 15) is 14.7 Å². The van der Waals surface area contributed by atoms with Crippen LogP contribution in [-0.4, -0.2) is 51.6 Å². The number of anilines is 1. The van der Waals surface area contributed by atoms with Gasteiger partial charge in [-0.15, -0.1) is 0 Å². The number of nitrogens with one attached hydrogen (secondary N) is 3. The number of imidazole rings is 1. The van der Waals surface area contributed by atoms with E-state index in [1.54, 1.807) is 18.2 Å². The molecule has 7 nitrogen and oxygen atoms in total. The zero-order valence-corrected chi connectivity index (χ0v) is 14.0. The number of hydrogen-bond donors (Lipinski definition) is 4. The first-order valence-corrected chi connectivity index (χ1v) is 8.35. The molecule has 0 radical (unpaired) electrons. The largest absolute Gasteiger partial charge is 0.393 e. The van der Waals surface area contributed by atoms with Gasteiger partial charge >= 0.3 is 5.69 Å². The molecule has 0 bridgehead atoms. The van der Waals surface area contributed by atoms with Gasteiger partial charge < -0.3 is 20.4 Å². The van der Waals surface area contributed by atoms with Crippen molar-refractivity contribution in [3.63, 3.8) is 0 Å². The first kappa shape index (κ1) is 16.7. The standard InChI is InChI=1S/C17H24N4O3/c1-10(21(2)9-11-4-3-5-15(11)22)16(23)18-12-6-7-13-14(8-12)20-17(24)19-13/h6-8,10-11,15,22H,3-5,9H2,1-2H3,(H,18,23)(H2,19,20,24). The number of carbonyl (C=O) groups excluding carboxylic acids is 1. The minimum Gasteiger partial charge on any atom is -0.393 e. The predicted molar refractivity (Wildman–Crippen MR) is 93.0 cm³/mol. The lowest BCUT2D eigenvalue weighted by molar-refractivity contribution is -0.120. The maximum Gasteiger partial charge on any atom is 0.323 e. The molecule has 3 atom stereocenters. The van der Waals surface area contributed by atoms with Crippen molar-refractivity contribution in [1.29, 1.82) is 0 Å². The van der Waals surface area contributed by atoms with Crippen LogP contribution in [-0.2, 0) is 4.79 Å². The summed E-state index contributed by atoms with van der Waals surface area (Å²) in [6.45, 7) is 2.56. The van der Waals surface area contributed by atoms with Gasteiger partial charge in [0.25, 0.3) is 0 Å². The second-order valence-electron chi connectivity index (χ2n) is 6.70. The normalized spacial score (nSPS) is 22.2. The van der Waals surface area contributed by atoms with Gasteiger partial charge in [0, 0.05) is 12.2 Å². The number of nitrogens with zero attached hydrogens (tertiary/aromatic N) is 1. The number of H-pyrrole nitrogens is 2. The van der Waals surface area contributed by atoms with Crippen LogP contribution in [0, 0.1) is 5.92 Å². The third-order valence-electron chi connectivity index (χ3n) is 4.97. The highest BCUT2D eigenvalue weighted by atomic mass is 16.3. The topological polar surface area (TPSA) is 101 Å². The van der Waals surface area contributed by atoms with Gasteiger partial charge in [-0.25, -0.2) is 4.79 Å².